The molecule has 13 heavy (non-hydrogen) atoms. The molecule has 0 aromatic carbocycles. The minimum absolute atomic E-state index is 0.293. The van der Waals surface area contributed by atoms with Crippen LogP contribution in [-0.2, 0) is 0 Å². The molecule has 68 valence electrons. The van der Waals surface area contributed by atoms with Gasteiger partial charge in [0.25, 0.3) is 0 Å². The highest BCUT2D eigenvalue weighted by Crippen LogP contribution is 2.24. The number of aromatic nitrogens is 2. The summed E-state index contributed by atoms with van der Waals surface area (Å²) in [6.07, 6.45) is 1.70. The van der Waals surface area contributed by atoms with Crippen molar-refractivity contribution in [3.63, 3.8) is 0 Å². The summed E-state index contributed by atoms with van der Waals surface area (Å²) in [4.78, 5) is 8.42. The van der Waals surface area contributed by atoms with Gasteiger partial charge in [-0.2, -0.15) is 0 Å². The van der Waals surface area contributed by atoms with E-state index in [9.17, 15) is 0 Å². The van der Waals surface area contributed by atoms with Crippen molar-refractivity contribution in [2.24, 2.45) is 0 Å². The summed E-state index contributed by atoms with van der Waals surface area (Å²) in [5, 5.41) is 0. The van der Waals surface area contributed by atoms with Gasteiger partial charge in [-0.05, 0) is 22.0 Å². The number of halogens is 1. The van der Waals surface area contributed by atoms with Crippen LogP contribution in [0.2, 0.25) is 0 Å². The van der Waals surface area contributed by atoms with E-state index in [-0.39, 0.29) is 0 Å². The summed E-state index contributed by atoms with van der Waals surface area (Å²) in [6.45, 7) is 4.08. The molecule has 2 aromatic rings. The normalized spacial score (nSPS) is 11.4. The lowest BCUT2D eigenvalue weighted by Crippen LogP contribution is -1.84. The molecule has 0 bridgehead atoms. The first-order valence-electron chi connectivity index (χ1n) is 4.09. The lowest BCUT2D eigenvalue weighted by molar-refractivity contribution is 0.494. The molecule has 4 heteroatoms. The zero-order valence-corrected chi connectivity index (χ0v) is 9.00. The molecule has 0 aliphatic carbocycles. The molecule has 0 N–H and O–H groups in total. The second-order valence-corrected chi connectivity index (χ2v) is 4.01. The van der Waals surface area contributed by atoms with E-state index in [0.29, 0.717) is 11.6 Å². The highest BCUT2D eigenvalue weighted by molar-refractivity contribution is 9.10. The molecule has 0 saturated carbocycles. The highest BCUT2D eigenvalue weighted by Gasteiger charge is 2.11. The largest absolute Gasteiger partial charge is 0.422 e. The smallest absolute Gasteiger partial charge is 0.248 e. The van der Waals surface area contributed by atoms with Gasteiger partial charge in [0.2, 0.25) is 5.71 Å². The zero-order chi connectivity index (χ0) is 9.42. The Hall–Kier alpha value is -0.900. The van der Waals surface area contributed by atoms with E-state index in [0.717, 1.165) is 15.9 Å². The third-order valence-electron chi connectivity index (χ3n) is 1.76. The van der Waals surface area contributed by atoms with E-state index >= 15 is 0 Å². The van der Waals surface area contributed by atoms with Crippen molar-refractivity contribution in [1.29, 1.82) is 0 Å². The Morgan fingerprint density at radius 3 is 2.85 bits per heavy atom. The van der Waals surface area contributed by atoms with E-state index in [1.807, 2.05) is 19.9 Å². The van der Waals surface area contributed by atoms with Crippen LogP contribution >= 0.6 is 15.9 Å². The molecule has 0 amide bonds. The maximum absolute atomic E-state index is 5.46. The number of pyridine rings is 1. The van der Waals surface area contributed by atoms with Gasteiger partial charge < -0.3 is 4.42 Å². The second-order valence-electron chi connectivity index (χ2n) is 3.15. The third kappa shape index (κ3) is 1.46. The van der Waals surface area contributed by atoms with Crippen LogP contribution in [0.25, 0.3) is 11.2 Å². The molecule has 2 aromatic heterocycles. The van der Waals surface area contributed by atoms with Gasteiger partial charge in [-0.25, -0.2) is 9.97 Å². The molecule has 0 unspecified atom stereocenters. The molecule has 0 fully saturated rings. The zero-order valence-electron chi connectivity index (χ0n) is 7.41. The molecule has 0 spiro atoms. The topological polar surface area (TPSA) is 38.9 Å². The summed E-state index contributed by atoms with van der Waals surface area (Å²) in [6, 6.07) is 1.86. The molecule has 3 nitrogen and oxygen atoms in total. The summed E-state index contributed by atoms with van der Waals surface area (Å²) >= 11 is 3.40. The van der Waals surface area contributed by atoms with Crippen LogP contribution in [0.5, 0.6) is 0 Å². The van der Waals surface area contributed by atoms with Crippen molar-refractivity contribution in [2.75, 3.05) is 0 Å². The number of hydrogen-bond donors (Lipinski definition) is 0. The molecular formula is C9H9BrN2O. The lowest BCUT2D eigenvalue weighted by atomic mass is 10.2. The van der Waals surface area contributed by atoms with E-state index in [1.165, 1.54) is 0 Å². The van der Waals surface area contributed by atoms with E-state index in [2.05, 4.69) is 25.9 Å². The van der Waals surface area contributed by atoms with Crippen molar-refractivity contribution >= 4 is 27.2 Å². The standard InChI is InChI=1S/C9H9BrN2O/c1-5(2)8-12-7-6(10)3-4-11-9(7)13-8/h3-5H,1-2H3. The van der Waals surface area contributed by atoms with Gasteiger partial charge in [0.15, 0.2) is 5.89 Å². The maximum Gasteiger partial charge on any atom is 0.248 e. The Kier molecular flexibility index (Phi) is 2.07. The van der Waals surface area contributed by atoms with E-state index in [4.69, 9.17) is 4.42 Å². The fourth-order valence-electron chi connectivity index (χ4n) is 1.07. The molecule has 0 atom stereocenters. The van der Waals surface area contributed by atoms with Gasteiger partial charge in [-0.3, -0.25) is 0 Å². The van der Waals surface area contributed by atoms with Gasteiger partial charge in [0, 0.05) is 12.1 Å². The summed E-state index contributed by atoms with van der Waals surface area (Å²) in [5.74, 6) is 1.02. The molecule has 0 aliphatic rings. The quantitative estimate of drug-likeness (QED) is 0.769. The summed E-state index contributed by atoms with van der Waals surface area (Å²) < 4.78 is 6.38. The minimum Gasteiger partial charge on any atom is -0.422 e. The summed E-state index contributed by atoms with van der Waals surface area (Å²) in [7, 11) is 0. The summed E-state index contributed by atoms with van der Waals surface area (Å²) in [5.41, 5.74) is 1.39. The van der Waals surface area contributed by atoms with Crippen LogP contribution in [0.3, 0.4) is 0 Å². The average Bonchev–Trinajstić information content (AvgIpc) is 2.49. The molecule has 0 saturated heterocycles. The van der Waals surface area contributed by atoms with Crippen LogP contribution in [-0.4, -0.2) is 9.97 Å². The average molecular weight is 241 g/mol. The van der Waals surface area contributed by atoms with Crippen molar-refractivity contribution in [2.45, 2.75) is 19.8 Å². The monoisotopic (exact) mass is 240 g/mol. The first kappa shape index (κ1) is 8.69. The molecule has 0 radical (unpaired) electrons. The Bertz CT molecular complexity index is 436. The van der Waals surface area contributed by atoms with Crippen molar-refractivity contribution in [3.05, 3.63) is 22.6 Å². The fraction of sp³-hybridized carbons (Fsp3) is 0.333. The highest BCUT2D eigenvalue weighted by atomic mass is 79.9. The fourth-order valence-corrected chi connectivity index (χ4v) is 1.44. The van der Waals surface area contributed by atoms with Gasteiger partial charge in [0.05, 0.1) is 4.47 Å². The van der Waals surface area contributed by atoms with Crippen LogP contribution < -0.4 is 0 Å². The predicted molar refractivity (Wildman–Crippen MR) is 53.6 cm³/mol. The van der Waals surface area contributed by atoms with Crippen LogP contribution in [0.15, 0.2) is 21.2 Å². The molecule has 2 rings (SSSR count). The minimum atomic E-state index is 0.293. The first-order chi connectivity index (χ1) is 6.18. The van der Waals surface area contributed by atoms with Gasteiger partial charge in [-0.15, -0.1) is 0 Å². The molecular weight excluding hydrogens is 232 g/mol. The van der Waals surface area contributed by atoms with Gasteiger partial charge in [0.1, 0.15) is 5.52 Å². The second kappa shape index (κ2) is 3.10. The first-order valence-corrected chi connectivity index (χ1v) is 4.88. The van der Waals surface area contributed by atoms with Gasteiger partial charge in [-0.1, -0.05) is 13.8 Å². The van der Waals surface area contributed by atoms with Crippen LogP contribution in [0.1, 0.15) is 25.7 Å². The Labute approximate surface area is 84.3 Å². The van der Waals surface area contributed by atoms with Crippen molar-refractivity contribution in [3.8, 4) is 0 Å². The van der Waals surface area contributed by atoms with E-state index in [1.54, 1.807) is 6.20 Å². The Balaban J connectivity index is 2.68. The van der Waals surface area contributed by atoms with Crippen LogP contribution in [0, 0.1) is 0 Å². The maximum atomic E-state index is 5.46. The number of hydrogen-bond acceptors (Lipinski definition) is 3. The van der Waals surface area contributed by atoms with Crippen LogP contribution in [0.4, 0.5) is 0 Å². The van der Waals surface area contributed by atoms with Crippen molar-refractivity contribution in [1.82, 2.24) is 9.97 Å². The molecule has 2 heterocycles. The number of oxazole rings is 1. The third-order valence-corrected chi connectivity index (χ3v) is 2.40. The van der Waals surface area contributed by atoms with Gasteiger partial charge >= 0.3 is 0 Å². The Morgan fingerprint density at radius 2 is 2.23 bits per heavy atom. The van der Waals surface area contributed by atoms with Crippen molar-refractivity contribution < 1.29 is 4.42 Å². The number of fused-ring (bicyclic) bond motifs is 1. The lowest BCUT2D eigenvalue weighted by Gasteiger charge is -1.93. The number of rotatable bonds is 1. The van der Waals surface area contributed by atoms with E-state index < -0.39 is 0 Å². The predicted octanol–water partition coefficient (Wildman–Crippen LogP) is 3.11. The number of nitrogens with zero attached hydrogens (tertiary/aromatic N) is 2. The Morgan fingerprint density at radius 1 is 1.46 bits per heavy atom. The SMILES string of the molecule is CC(C)c1nc2c(Br)ccnc2o1. The molecule has 0 aliphatic heterocycles.